The molecule has 0 aliphatic rings. The van der Waals surface area contributed by atoms with E-state index in [0.717, 1.165) is 0 Å². The molecule has 152 valence electrons. The lowest BCUT2D eigenvalue weighted by Crippen LogP contribution is -2.47. The van der Waals surface area contributed by atoms with Gasteiger partial charge in [-0.05, 0) is 36.2 Å². The summed E-state index contributed by atoms with van der Waals surface area (Å²) < 4.78 is 56.2. The summed E-state index contributed by atoms with van der Waals surface area (Å²) in [5.41, 5.74) is 0.209. The molecule has 0 spiro atoms. The van der Waals surface area contributed by atoms with E-state index < -0.39 is 28.6 Å². The van der Waals surface area contributed by atoms with Crippen molar-refractivity contribution in [3.63, 3.8) is 0 Å². The predicted octanol–water partition coefficient (Wildman–Crippen LogP) is 3.88. The van der Waals surface area contributed by atoms with Crippen molar-refractivity contribution in [1.82, 2.24) is 4.72 Å². The molecule has 0 saturated carbocycles. The highest BCUT2D eigenvalue weighted by Crippen LogP contribution is 2.29. The van der Waals surface area contributed by atoms with Crippen LogP contribution >= 0.6 is 11.6 Å². The van der Waals surface area contributed by atoms with Crippen LogP contribution in [-0.4, -0.2) is 27.0 Å². The van der Waals surface area contributed by atoms with E-state index in [1.165, 1.54) is 30.3 Å². The highest BCUT2D eigenvalue weighted by molar-refractivity contribution is 7.89. The molecule has 0 bridgehead atoms. The first-order valence-electron chi connectivity index (χ1n) is 8.23. The molecular formula is C18H19ClF2N2O4S. The maximum atomic E-state index is 12.6. The predicted molar refractivity (Wildman–Crippen MR) is 102 cm³/mol. The molecule has 2 aromatic carbocycles. The number of hydrogen-bond donors (Lipinski definition) is 2. The average molecular weight is 433 g/mol. The van der Waals surface area contributed by atoms with Crippen LogP contribution in [0.1, 0.15) is 13.8 Å². The van der Waals surface area contributed by atoms with Gasteiger partial charge in [0.2, 0.25) is 15.9 Å². The molecule has 10 heteroatoms. The summed E-state index contributed by atoms with van der Waals surface area (Å²) in [6.45, 7) is 0.338. The summed E-state index contributed by atoms with van der Waals surface area (Å²) in [5, 5.41) is 2.40. The van der Waals surface area contributed by atoms with Gasteiger partial charge in [0.1, 0.15) is 11.8 Å². The van der Waals surface area contributed by atoms with E-state index in [9.17, 15) is 22.0 Å². The number of amides is 1. The summed E-state index contributed by atoms with van der Waals surface area (Å²) in [6.07, 6.45) is 0. The van der Waals surface area contributed by atoms with Gasteiger partial charge in [0, 0.05) is 5.69 Å². The second-order valence-corrected chi connectivity index (χ2v) is 8.29. The molecule has 6 nitrogen and oxygen atoms in total. The van der Waals surface area contributed by atoms with E-state index in [2.05, 4.69) is 14.8 Å². The summed E-state index contributed by atoms with van der Waals surface area (Å²) >= 11 is 5.86. The highest BCUT2D eigenvalue weighted by atomic mass is 35.5. The minimum Gasteiger partial charge on any atom is -0.433 e. The molecule has 1 atom stereocenters. The second-order valence-electron chi connectivity index (χ2n) is 6.17. The number of rotatable bonds is 8. The van der Waals surface area contributed by atoms with Gasteiger partial charge in [0.25, 0.3) is 0 Å². The third-order valence-corrected chi connectivity index (χ3v) is 5.45. The van der Waals surface area contributed by atoms with E-state index in [-0.39, 0.29) is 27.3 Å². The van der Waals surface area contributed by atoms with Crippen LogP contribution < -0.4 is 14.8 Å². The quantitative estimate of drug-likeness (QED) is 0.663. The topological polar surface area (TPSA) is 84.5 Å². The van der Waals surface area contributed by atoms with E-state index in [0.29, 0.717) is 0 Å². The van der Waals surface area contributed by atoms with Crippen molar-refractivity contribution >= 4 is 33.2 Å². The Morgan fingerprint density at radius 1 is 1.11 bits per heavy atom. The molecule has 0 radical (unpaired) electrons. The summed E-state index contributed by atoms with van der Waals surface area (Å²) in [6, 6.07) is 10.3. The Kier molecular flexibility index (Phi) is 7.34. The Morgan fingerprint density at radius 3 is 2.29 bits per heavy atom. The zero-order valence-electron chi connectivity index (χ0n) is 15.0. The van der Waals surface area contributed by atoms with Gasteiger partial charge in [-0.25, -0.2) is 8.42 Å². The number of anilines is 1. The van der Waals surface area contributed by atoms with Crippen molar-refractivity contribution in [2.45, 2.75) is 31.4 Å². The van der Waals surface area contributed by atoms with E-state index in [4.69, 9.17) is 11.6 Å². The molecule has 2 rings (SSSR count). The fourth-order valence-corrected chi connectivity index (χ4v) is 3.91. The van der Waals surface area contributed by atoms with Gasteiger partial charge in [-0.1, -0.05) is 43.6 Å². The van der Waals surface area contributed by atoms with Crippen LogP contribution in [-0.2, 0) is 14.8 Å². The zero-order valence-corrected chi connectivity index (χ0v) is 16.6. The number of halogens is 3. The summed E-state index contributed by atoms with van der Waals surface area (Å²) in [7, 11) is -3.91. The summed E-state index contributed by atoms with van der Waals surface area (Å²) in [5.74, 6) is -1.22. The fourth-order valence-electron chi connectivity index (χ4n) is 2.32. The second kappa shape index (κ2) is 9.31. The van der Waals surface area contributed by atoms with Gasteiger partial charge in [-0.3, -0.25) is 4.79 Å². The third kappa shape index (κ3) is 5.88. The van der Waals surface area contributed by atoms with E-state index in [1.54, 1.807) is 32.0 Å². The van der Waals surface area contributed by atoms with Crippen molar-refractivity contribution in [2.24, 2.45) is 5.92 Å². The minimum atomic E-state index is -3.91. The first kappa shape index (κ1) is 22.1. The molecule has 0 aromatic heterocycles. The van der Waals surface area contributed by atoms with Gasteiger partial charge < -0.3 is 10.1 Å². The molecule has 0 aliphatic carbocycles. The lowest BCUT2D eigenvalue weighted by atomic mass is 10.0. The fraction of sp³-hybridized carbons (Fsp3) is 0.278. The lowest BCUT2D eigenvalue weighted by molar-refractivity contribution is -0.118. The largest absolute Gasteiger partial charge is 0.433 e. The van der Waals surface area contributed by atoms with E-state index >= 15 is 0 Å². The maximum absolute atomic E-state index is 12.6. The normalized spacial score (nSPS) is 12.8. The van der Waals surface area contributed by atoms with Crippen LogP contribution in [0.15, 0.2) is 53.4 Å². The number of nitrogens with one attached hydrogen (secondary N) is 2. The van der Waals surface area contributed by atoms with Gasteiger partial charge in [0.15, 0.2) is 0 Å². The monoisotopic (exact) mass is 432 g/mol. The minimum absolute atomic E-state index is 0.0324. The van der Waals surface area contributed by atoms with Gasteiger partial charge in [0.05, 0.1) is 9.92 Å². The number of carbonyl (C=O) groups is 1. The molecule has 0 unspecified atom stereocenters. The first-order chi connectivity index (χ1) is 13.1. The Balaban J connectivity index is 2.16. The van der Waals surface area contributed by atoms with Gasteiger partial charge in [-0.2, -0.15) is 13.5 Å². The molecule has 0 saturated heterocycles. The van der Waals surface area contributed by atoms with Crippen LogP contribution in [0, 0.1) is 5.92 Å². The molecule has 0 aliphatic heterocycles. The Labute approximate surface area is 166 Å². The van der Waals surface area contributed by atoms with Gasteiger partial charge in [-0.15, -0.1) is 0 Å². The molecule has 28 heavy (non-hydrogen) atoms. The average Bonchev–Trinajstić information content (AvgIpc) is 2.62. The Hall–Kier alpha value is -2.23. The van der Waals surface area contributed by atoms with Gasteiger partial charge >= 0.3 is 6.61 Å². The van der Waals surface area contributed by atoms with Crippen molar-refractivity contribution in [2.75, 3.05) is 5.32 Å². The maximum Gasteiger partial charge on any atom is 0.387 e. The molecular weight excluding hydrogens is 414 g/mol. The molecule has 2 N–H and O–H groups in total. The molecule has 2 aromatic rings. The first-order valence-corrected chi connectivity index (χ1v) is 10.1. The molecule has 1 amide bonds. The van der Waals surface area contributed by atoms with Crippen LogP contribution in [0.25, 0.3) is 0 Å². The standard InChI is InChI=1S/C18H19ClF2N2O4S/c1-11(2)16(23-28(25,26)13-6-4-3-5-7-13)17(24)22-12-8-9-15(14(19)10-12)27-18(20)21/h3-11,16,18,23H,1-2H3,(H,22,24)/t16-/m1/s1. The lowest BCUT2D eigenvalue weighted by Gasteiger charge is -2.22. The molecule has 0 fully saturated rings. The number of sulfonamides is 1. The molecule has 0 heterocycles. The van der Waals surface area contributed by atoms with Crippen LogP contribution in [0.5, 0.6) is 5.75 Å². The number of alkyl halides is 2. The van der Waals surface area contributed by atoms with Crippen molar-refractivity contribution in [3.8, 4) is 5.75 Å². The van der Waals surface area contributed by atoms with Crippen LogP contribution in [0.2, 0.25) is 5.02 Å². The summed E-state index contributed by atoms with van der Waals surface area (Å²) in [4.78, 5) is 12.6. The third-order valence-electron chi connectivity index (χ3n) is 3.70. The number of benzene rings is 2. The van der Waals surface area contributed by atoms with Crippen molar-refractivity contribution < 1.29 is 26.7 Å². The van der Waals surface area contributed by atoms with E-state index in [1.807, 2.05) is 0 Å². The SMILES string of the molecule is CC(C)[C@@H](NS(=O)(=O)c1ccccc1)C(=O)Nc1ccc(OC(F)F)c(Cl)c1. The number of carbonyl (C=O) groups excluding carboxylic acids is 1. The van der Waals surface area contributed by atoms with Crippen LogP contribution in [0.4, 0.5) is 14.5 Å². The van der Waals surface area contributed by atoms with Crippen molar-refractivity contribution in [1.29, 1.82) is 0 Å². The Bertz CT molecular complexity index is 924. The van der Waals surface area contributed by atoms with Crippen molar-refractivity contribution in [3.05, 3.63) is 53.6 Å². The smallest absolute Gasteiger partial charge is 0.387 e. The highest BCUT2D eigenvalue weighted by Gasteiger charge is 2.28. The number of hydrogen-bond acceptors (Lipinski definition) is 4. The zero-order chi connectivity index (χ0) is 20.9. The Morgan fingerprint density at radius 2 is 1.75 bits per heavy atom. The van der Waals surface area contributed by atoms with Crippen LogP contribution in [0.3, 0.4) is 0 Å². The number of ether oxygens (including phenoxy) is 1.